The summed E-state index contributed by atoms with van der Waals surface area (Å²) in [4.78, 5) is 25.4. The second kappa shape index (κ2) is 6.77. The zero-order chi connectivity index (χ0) is 19.4. The lowest BCUT2D eigenvalue weighted by Gasteiger charge is -2.63. The average Bonchev–Trinajstić information content (AvgIpc) is 2.60. The molecular formula is C23H37NO3. The monoisotopic (exact) mass is 375 g/mol. The molecule has 3 aliphatic carbocycles. The minimum atomic E-state index is -0.122. The maximum atomic E-state index is 11.9. The van der Waals surface area contributed by atoms with Crippen LogP contribution >= 0.6 is 0 Å². The molecule has 4 nitrogen and oxygen atoms in total. The first-order chi connectivity index (χ1) is 12.7. The average molecular weight is 376 g/mol. The third-order valence-corrected chi connectivity index (χ3v) is 9.18. The lowest BCUT2D eigenvalue weighted by atomic mass is 9.44. The Morgan fingerprint density at radius 1 is 0.963 bits per heavy atom. The Labute approximate surface area is 164 Å². The van der Waals surface area contributed by atoms with Crippen LogP contribution in [0.25, 0.3) is 0 Å². The molecule has 27 heavy (non-hydrogen) atoms. The van der Waals surface area contributed by atoms with Crippen LogP contribution < -0.4 is 0 Å². The summed E-state index contributed by atoms with van der Waals surface area (Å²) >= 11 is 0. The summed E-state index contributed by atoms with van der Waals surface area (Å²) in [7, 11) is 0. The van der Waals surface area contributed by atoms with E-state index >= 15 is 0 Å². The van der Waals surface area contributed by atoms with Gasteiger partial charge in [-0.1, -0.05) is 13.8 Å². The highest BCUT2D eigenvalue weighted by atomic mass is 16.5. The SMILES string of the molecule is CC(=O)O[C@@H]1CC[C@@]2(C)[C@@H](CC[C@H]3[C@@H]4CCN(C(C)=O)C[C@@]4(C)CC[C@@H]32)C1. The van der Waals surface area contributed by atoms with E-state index < -0.39 is 0 Å². The van der Waals surface area contributed by atoms with Crippen molar-refractivity contribution in [3.63, 3.8) is 0 Å². The smallest absolute Gasteiger partial charge is 0.302 e. The van der Waals surface area contributed by atoms with E-state index in [2.05, 4.69) is 18.7 Å². The Morgan fingerprint density at radius 2 is 1.74 bits per heavy atom. The molecule has 7 atom stereocenters. The zero-order valence-electron chi connectivity index (χ0n) is 17.6. The van der Waals surface area contributed by atoms with Gasteiger partial charge in [-0.05, 0) is 85.9 Å². The molecule has 3 saturated carbocycles. The molecule has 1 amide bonds. The molecule has 0 spiro atoms. The number of fused-ring (bicyclic) bond motifs is 5. The summed E-state index contributed by atoms with van der Waals surface area (Å²) in [5.41, 5.74) is 0.724. The van der Waals surface area contributed by atoms with E-state index in [-0.39, 0.29) is 18.0 Å². The fourth-order valence-electron chi connectivity index (χ4n) is 7.79. The highest BCUT2D eigenvalue weighted by Crippen LogP contribution is 2.64. The van der Waals surface area contributed by atoms with Crippen LogP contribution in [-0.4, -0.2) is 36.0 Å². The number of rotatable bonds is 1. The quantitative estimate of drug-likeness (QED) is 0.637. The van der Waals surface area contributed by atoms with Crippen LogP contribution in [0.1, 0.15) is 79.1 Å². The van der Waals surface area contributed by atoms with Gasteiger partial charge in [0.25, 0.3) is 0 Å². The van der Waals surface area contributed by atoms with Gasteiger partial charge in [-0.15, -0.1) is 0 Å². The molecule has 0 aromatic carbocycles. The van der Waals surface area contributed by atoms with Crippen molar-refractivity contribution in [1.29, 1.82) is 0 Å². The molecule has 0 bridgehead atoms. The normalized spacial score (nSPS) is 46.7. The van der Waals surface area contributed by atoms with E-state index in [1.54, 1.807) is 13.8 Å². The highest BCUT2D eigenvalue weighted by molar-refractivity contribution is 5.73. The van der Waals surface area contributed by atoms with Crippen LogP contribution in [-0.2, 0) is 14.3 Å². The van der Waals surface area contributed by atoms with Gasteiger partial charge in [0.1, 0.15) is 6.10 Å². The largest absolute Gasteiger partial charge is 0.463 e. The lowest BCUT2D eigenvalue weighted by Crippen LogP contribution is -2.59. The Morgan fingerprint density at radius 3 is 2.44 bits per heavy atom. The van der Waals surface area contributed by atoms with Gasteiger partial charge < -0.3 is 9.64 Å². The maximum Gasteiger partial charge on any atom is 0.302 e. The van der Waals surface area contributed by atoms with Crippen LogP contribution in [0.3, 0.4) is 0 Å². The van der Waals surface area contributed by atoms with Gasteiger partial charge in [0.05, 0.1) is 0 Å². The fraction of sp³-hybridized carbons (Fsp3) is 0.913. The summed E-state index contributed by atoms with van der Waals surface area (Å²) in [6.45, 7) is 10.2. The summed E-state index contributed by atoms with van der Waals surface area (Å²) in [5.74, 6) is 3.24. The summed E-state index contributed by atoms with van der Waals surface area (Å²) in [6.07, 6.45) is 9.84. The third-order valence-electron chi connectivity index (χ3n) is 9.18. The number of ether oxygens (including phenoxy) is 1. The van der Waals surface area contributed by atoms with Gasteiger partial charge in [0, 0.05) is 26.9 Å². The van der Waals surface area contributed by atoms with Gasteiger partial charge in [-0.3, -0.25) is 9.59 Å². The van der Waals surface area contributed by atoms with Crippen LogP contribution in [0, 0.1) is 34.5 Å². The Hall–Kier alpha value is -1.06. The molecule has 4 fully saturated rings. The second-order valence-electron chi connectivity index (χ2n) is 10.6. The third kappa shape index (κ3) is 3.21. The van der Waals surface area contributed by atoms with Crippen LogP contribution in [0.4, 0.5) is 0 Å². The predicted octanol–water partition coefficient (Wildman–Crippen LogP) is 4.42. The molecular weight excluding hydrogens is 338 g/mol. The second-order valence-corrected chi connectivity index (χ2v) is 10.6. The van der Waals surface area contributed by atoms with E-state index in [4.69, 9.17) is 4.74 Å². The van der Waals surface area contributed by atoms with Gasteiger partial charge in [0.15, 0.2) is 0 Å². The molecule has 1 saturated heterocycles. The molecule has 0 aromatic rings. The van der Waals surface area contributed by atoms with Crippen molar-refractivity contribution < 1.29 is 14.3 Å². The molecule has 0 unspecified atom stereocenters. The van der Waals surface area contributed by atoms with Crippen molar-refractivity contribution in [2.75, 3.05) is 13.1 Å². The molecule has 0 N–H and O–H groups in total. The number of likely N-dealkylation sites (tertiary alicyclic amines) is 1. The predicted molar refractivity (Wildman–Crippen MR) is 105 cm³/mol. The van der Waals surface area contributed by atoms with E-state index in [0.29, 0.717) is 16.7 Å². The number of piperidine rings is 1. The molecule has 4 rings (SSSR count). The van der Waals surface area contributed by atoms with Crippen molar-refractivity contribution in [2.24, 2.45) is 34.5 Å². The maximum absolute atomic E-state index is 11.9. The van der Waals surface area contributed by atoms with Crippen molar-refractivity contribution in [3.8, 4) is 0 Å². The summed E-state index contributed by atoms with van der Waals surface area (Å²) in [6, 6.07) is 0. The fourth-order valence-corrected chi connectivity index (χ4v) is 7.79. The molecule has 0 radical (unpaired) electrons. The summed E-state index contributed by atoms with van der Waals surface area (Å²) < 4.78 is 5.58. The number of carbonyl (C=O) groups is 2. The number of hydrogen-bond donors (Lipinski definition) is 0. The van der Waals surface area contributed by atoms with Crippen LogP contribution in [0.5, 0.6) is 0 Å². The van der Waals surface area contributed by atoms with E-state index in [1.165, 1.54) is 38.5 Å². The first-order valence-corrected chi connectivity index (χ1v) is 11.2. The van der Waals surface area contributed by atoms with Crippen molar-refractivity contribution in [2.45, 2.75) is 85.2 Å². The lowest BCUT2D eigenvalue weighted by molar-refractivity contribution is -0.166. The molecule has 1 aliphatic heterocycles. The highest BCUT2D eigenvalue weighted by Gasteiger charge is 2.58. The Bertz CT molecular complexity index is 619. The number of nitrogens with zero attached hydrogens (tertiary/aromatic N) is 1. The van der Waals surface area contributed by atoms with Crippen molar-refractivity contribution in [3.05, 3.63) is 0 Å². The van der Waals surface area contributed by atoms with Gasteiger partial charge in [-0.25, -0.2) is 0 Å². The number of esters is 1. The minimum Gasteiger partial charge on any atom is -0.463 e. The molecule has 4 aliphatic rings. The van der Waals surface area contributed by atoms with Crippen LogP contribution in [0.15, 0.2) is 0 Å². The Balaban J connectivity index is 1.51. The van der Waals surface area contributed by atoms with E-state index in [0.717, 1.165) is 43.7 Å². The number of amides is 1. The van der Waals surface area contributed by atoms with Gasteiger partial charge >= 0.3 is 5.97 Å². The number of hydrogen-bond acceptors (Lipinski definition) is 3. The van der Waals surface area contributed by atoms with E-state index in [1.807, 2.05) is 0 Å². The number of carbonyl (C=O) groups excluding carboxylic acids is 2. The first kappa shape index (κ1) is 19.3. The molecule has 152 valence electrons. The van der Waals surface area contributed by atoms with Crippen molar-refractivity contribution >= 4 is 11.9 Å². The molecule has 1 heterocycles. The van der Waals surface area contributed by atoms with Crippen LogP contribution in [0.2, 0.25) is 0 Å². The van der Waals surface area contributed by atoms with Gasteiger partial charge in [0.2, 0.25) is 5.91 Å². The Kier molecular flexibility index (Phi) is 4.83. The molecule has 4 heteroatoms. The topological polar surface area (TPSA) is 46.6 Å². The van der Waals surface area contributed by atoms with E-state index in [9.17, 15) is 9.59 Å². The minimum absolute atomic E-state index is 0.122. The molecule has 0 aromatic heterocycles. The zero-order valence-corrected chi connectivity index (χ0v) is 17.6. The van der Waals surface area contributed by atoms with Gasteiger partial charge in [-0.2, -0.15) is 0 Å². The summed E-state index contributed by atoms with van der Waals surface area (Å²) in [5, 5.41) is 0. The first-order valence-electron chi connectivity index (χ1n) is 11.2. The van der Waals surface area contributed by atoms with Crippen molar-refractivity contribution in [1.82, 2.24) is 4.90 Å². The standard InChI is InChI=1S/C23H37NO3/c1-15(25)24-12-9-20-19-6-5-17-13-18(27-16(2)26)7-11-23(17,4)21(19)8-10-22(20,3)14-24/h17-21H,5-14H2,1-4H3/t17-,18+,19-,20-,21-,22+,23-/m0/s1.